The highest BCUT2D eigenvalue weighted by Crippen LogP contribution is 2.33. The van der Waals surface area contributed by atoms with E-state index in [0.717, 1.165) is 11.3 Å². The number of hydrogen-bond donors (Lipinski definition) is 1. The summed E-state index contributed by atoms with van der Waals surface area (Å²) in [5.41, 5.74) is 0.812. The lowest BCUT2D eigenvalue weighted by molar-refractivity contribution is 0.417. The predicted molar refractivity (Wildman–Crippen MR) is 95.8 cm³/mol. The lowest BCUT2D eigenvalue weighted by Gasteiger charge is -2.11. The van der Waals surface area contributed by atoms with Crippen LogP contribution in [0.4, 0.5) is 5.69 Å². The van der Waals surface area contributed by atoms with E-state index in [1.807, 2.05) is 6.92 Å². The number of aryl methyl sites for hydroxylation is 1. The van der Waals surface area contributed by atoms with Gasteiger partial charge in [-0.3, -0.25) is 4.72 Å². The fourth-order valence-electron chi connectivity index (χ4n) is 2.04. The second-order valence-corrected chi connectivity index (χ2v) is 8.22. The summed E-state index contributed by atoms with van der Waals surface area (Å²) in [7, 11) is -2.36. The van der Waals surface area contributed by atoms with Gasteiger partial charge in [-0.1, -0.05) is 18.5 Å². The molecule has 132 valence electrons. The highest BCUT2D eigenvalue weighted by atomic mass is 35.5. The highest BCUT2D eigenvalue weighted by Gasteiger charge is 2.21. The Hall–Kier alpha value is -2.10. The van der Waals surface area contributed by atoms with Gasteiger partial charge in [0.05, 0.1) is 18.4 Å². The van der Waals surface area contributed by atoms with Gasteiger partial charge in [-0.25, -0.2) is 8.42 Å². The summed E-state index contributed by atoms with van der Waals surface area (Å²) in [6, 6.07) is 6.17. The van der Waals surface area contributed by atoms with Gasteiger partial charge in [0.25, 0.3) is 10.0 Å². The van der Waals surface area contributed by atoms with Crippen LogP contribution in [0.15, 0.2) is 38.3 Å². The molecule has 0 unspecified atom stereocenters. The van der Waals surface area contributed by atoms with E-state index in [1.54, 1.807) is 17.5 Å². The molecule has 0 fully saturated rings. The van der Waals surface area contributed by atoms with Gasteiger partial charge in [0.1, 0.15) is 9.96 Å². The van der Waals surface area contributed by atoms with Gasteiger partial charge >= 0.3 is 0 Å². The zero-order chi connectivity index (χ0) is 18.0. The molecule has 0 amide bonds. The van der Waals surface area contributed by atoms with E-state index in [1.165, 1.54) is 19.2 Å². The number of ether oxygens (including phenoxy) is 1. The lowest BCUT2D eigenvalue weighted by Crippen LogP contribution is -2.12. The molecule has 3 aromatic rings. The Morgan fingerprint density at radius 2 is 2.12 bits per heavy atom. The van der Waals surface area contributed by atoms with Gasteiger partial charge in [-0.2, -0.15) is 0 Å². The number of nitrogens with one attached hydrogen (secondary N) is 1. The van der Waals surface area contributed by atoms with Gasteiger partial charge in [0, 0.05) is 16.8 Å². The molecule has 2 aromatic heterocycles. The van der Waals surface area contributed by atoms with Crippen LogP contribution in [0.2, 0.25) is 5.02 Å². The number of thiophene rings is 1. The zero-order valence-electron chi connectivity index (χ0n) is 13.3. The van der Waals surface area contributed by atoms with Crippen molar-refractivity contribution in [1.82, 2.24) is 10.2 Å². The summed E-state index contributed by atoms with van der Waals surface area (Å²) in [6.45, 7) is 1.89. The Morgan fingerprint density at radius 1 is 1.32 bits per heavy atom. The van der Waals surface area contributed by atoms with E-state index in [4.69, 9.17) is 20.8 Å². The molecule has 2 heterocycles. The number of anilines is 1. The molecule has 0 aliphatic carbocycles. The minimum Gasteiger partial charge on any atom is -0.495 e. The highest BCUT2D eigenvalue weighted by molar-refractivity contribution is 7.94. The molecule has 0 radical (unpaired) electrons. The van der Waals surface area contributed by atoms with Crippen LogP contribution in [-0.4, -0.2) is 25.7 Å². The molecule has 3 rings (SSSR count). The zero-order valence-corrected chi connectivity index (χ0v) is 15.7. The molecule has 1 N–H and O–H groups in total. The van der Waals surface area contributed by atoms with Crippen LogP contribution >= 0.6 is 22.9 Å². The van der Waals surface area contributed by atoms with Crippen molar-refractivity contribution in [2.24, 2.45) is 0 Å². The van der Waals surface area contributed by atoms with Gasteiger partial charge in [-0.15, -0.1) is 21.5 Å². The fourth-order valence-corrected chi connectivity index (χ4v) is 4.42. The van der Waals surface area contributed by atoms with Gasteiger partial charge < -0.3 is 9.15 Å². The van der Waals surface area contributed by atoms with Crippen molar-refractivity contribution in [2.45, 2.75) is 17.6 Å². The maximum absolute atomic E-state index is 12.6. The van der Waals surface area contributed by atoms with Crippen molar-refractivity contribution >= 4 is 38.6 Å². The molecule has 0 aliphatic heterocycles. The largest absolute Gasteiger partial charge is 0.495 e. The standard InChI is InChI=1S/C15H14ClN3O4S2/c1-3-13-17-18-15(23-13)9-6-14(24-8-9)25(20,21)19-11-7-10(16)4-5-12(11)22-2/h4-8,19H,3H2,1-2H3. The van der Waals surface area contributed by atoms with E-state index in [-0.39, 0.29) is 15.8 Å². The minimum absolute atomic E-state index is 0.112. The number of rotatable bonds is 6. The number of sulfonamides is 1. The third kappa shape index (κ3) is 3.78. The molecule has 25 heavy (non-hydrogen) atoms. The van der Waals surface area contributed by atoms with Gasteiger partial charge in [0.2, 0.25) is 11.8 Å². The van der Waals surface area contributed by atoms with E-state index in [0.29, 0.717) is 28.6 Å². The number of benzene rings is 1. The minimum atomic E-state index is -3.81. The second-order valence-electron chi connectivity index (χ2n) is 4.96. The molecule has 0 saturated heterocycles. The van der Waals surface area contributed by atoms with Crippen molar-refractivity contribution < 1.29 is 17.6 Å². The third-order valence-corrected chi connectivity index (χ3v) is 6.30. The molecule has 0 spiro atoms. The van der Waals surface area contributed by atoms with E-state index >= 15 is 0 Å². The van der Waals surface area contributed by atoms with Crippen LogP contribution in [0.5, 0.6) is 5.75 Å². The normalized spacial score (nSPS) is 11.5. The molecule has 0 bridgehead atoms. The molecule has 7 nitrogen and oxygen atoms in total. The van der Waals surface area contributed by atoms with Crippen LogP contribution in [0, 0.1) is 0 Å². The molecule has 0 atom stereocenters. The molecule has 0 saturated carbocycles. The topological polar surface area (TPSA) is 94.3 Å². The SMILES string of the molecule is CCc1nnc(-c2csc(S(=O)(=O)Nc3cc(Cl)ccc3OC)c2)o1. The molecule has 1 aromatic carbocycles. The van der Waals surface area contributed by atoms with E-state index in [2.05, 4.69) is 14.9 Å². The maximum Gasteiger partial charge on any atom is 0.271 e. The first kappa shape index (κ1) is 17.7. The summed E-state index contributed by atoms with van der Waals surface area (Å²) >= 11 is 6.99. The average molecular weight is 400 g/mol. The summed E-state index contributed by atoms with van der Waals surface area (Å²) in [5.74, 6) is 1.15. The quantitative estimate of drug-likeness (QED) is 0.677. The fraction of sp³-hybridized carbons (Fsp3) is 0.200. The number of nitrogens with zero attached hydrogens (tertiary/aromatic N) is 2. The smallest absolute Gasteiger partial charge is 0.271 e. The summed E-state index contributed by atoms with van der Waals surface area (Å²) in [4.78, 5) is 0. The molecular weight excluding hydrogens is 386 g/mol. The van der Waals surface area contributed by atoms with Gasteiger partial charge in [-0.05, 0) is 24.3 Å². The Labute approximate surface area is 153 Å². The molecule has 0 aliphatic rings. The summed E-state index contributed by atoms with van der Waals surface area (Å²) in [6.07, 6.45) is 0.610. The van der Waals surface area contributed by atoms with Crippen LogP contribution in [0.25, 0.3) is 11.5 Å². The Morgan fingerprint density at radius 3 is 2.80 bits per heavy atom. The van der Waals surface area contributed by atoms with Crippen LogP contribution in [-0.2, 0) is 16.4 Å². The lowest BCUT2D eigenvalue weighted by atomic mass is 10.3. The summed E-state index contributed by atoms with van der Waals surface area (Å²) in [5, 5.41) is 9.83. The number of hydrogen-bond acceptors (Lipinski definition) is 7. The van der Waals surface area contributed by atoms with E-state index in [9.17, 15) is 8.42 Å². The first-order valence-corrected chi connectivity index (χ1v) is 9.94. The van der Waals surface area contributed by atoms with Crippen LogP contribution in [0.1, 0.15) is 12.8 Å². The van der Waals surface area contributed by atoms with Crippen molar-refractivity contribution in [1.29, 1.82) is 0 Å². The van der Waals surface area contributed by atoms with Crippen molar-refractivity contribution in [3.05, 3.63) is 40.6 Å². The first-order valence-electron chi connectivity index (χ1n) is 7.20. The summed E-state index contributed by atoms with van der Waals surface area (Å²) < 4.78 is 38.4. The van der Waals surface area contributed by atoms with Gasteiger partial charge in [0.15, 0.2) is 0 Å². The number of methoxy groups -OCH3 is 1. The van der Waals surface area contributed by atoms with Crippen molar-refractivity contribution in [2.75, 3.05) is 11.8 Å². The Balaban J connectivity index is 1.90. The van der Waals surface area contributed by atoms with Crippen molar-refractivity contribution in [3.63, 3.8) is 0 Å². The Kier molecular flexibility index (Phi) is 4.98. The number of aromatic nitrogens is 2. The van der Waals surface area contributed by atoms with Crippen LogP contribution in [0.3, 0.4) is 0 Å². The third-order valence-electron chi connectivity index (χ3n) is 3.26. The van der Waals surface area contributed by atoms with Crippen molar-refractivity contribution in [3.8, 4) is 17.2 Å². The average Bonchev–Trinajstić information content (AvgIpc) is 3.24. The second kappa shape index (κ2) is 7.03. The predicted octanol–water partition coefficient (Wildman–Crippen LogP) is 3.82. The number of halogens is 1. The first-order chi connectivity index (χ1) is 11.9. The molecule has 10 heteroatoms. The van der Waals surface area contributed by atoms with Crippen LogP contribution < -0.4 is 9.46 Å². The maximum atomic E-state index is 12.6. The monoisotopic (exact) mass is 399 g/mol. The molecular formula is C15H14ClN3O4S2. The Bertz CT molecular complexity index is 998. The van der Waals surface area contributed by atoms with E-state index < -0.39 is 10.0 Å².